The first kappa shape index (κ1) is 21.8. The van der Waals surface area contributed by atoms with E-state index in [9.17, 15) is 4.79 Å². The summed E-state index contributed by atoms with van der Waals surface area (Å²) in [7, 11) is 0. The zero-order valence-corrected chi connectivity index (χ0v) is 19.3. The van der Waals surface area contributed by atoms with Gasteiger partial charge in [-0.25, -0.2) is 0 Å². The summed E-state index contributed by atoms with van der Waals surface area (Å²) in [5.74, 6) is 1.51. The van der Waals surface area contributed by atoms with Gasteiger partial charge in [-0.2, -0.15) is 0 Å². The molecule has 166 valence electrons. The number of aryl methyl sites for hydroxylation is 1. The van der Waals surface area contributed by atoms with Crippen LogP contribution < -0.4 is 10.1 Å². The summed E-state index contributed by atoms with van der Waals surface area (Å²) in [4.78, 5) is 17.8. The van der Waals surface area contributed by atoms with Crippen LogP contribution in [0.2, 0.25) is 0 Å². The molecule has 0 spiro atoms. The number of hydrogen-bond donors (Lipinski definition) is 1. The van der Waals surface area contributed by atoms with Crippen molar-refractivity contribution in [3.63, 3.8) is 0 Å². The monoisotopic (exact) mass is 421 g/mol. The number of fused-ring (bicyclic) bond motifs is 1. The Kier molecular flexibility index (Phi) is 6.63. The lowest BCUT2D eigenvalue weighted by molar-refractivity contribution is -0.121. The number of nitrogens with one attached hydrogen (secondary N) is 1. The molecule has 2 aliphatic heterocycles. The van der Waals surface area contributed by atoms with E-state index < -0.39 is 0 Å². The molecule has 2 aromatic carbocycles. The molecule has 2 heterocycles. The molecule has 5 heteroatoms. The number of carbonyl (C=O) groups is 1. The highest BCUT2D eigenvalue weighted by Crippen LogP contribution is 2.28. The van der Waals surface area contributed by atoms with Crippen molar-refractivity contribution >= 4 is 11.6 Å². The minimum atomic E-state index is -0.140. The summed E-state index contributed by atoms with van der Waals surface area (Å²) in [6.07, 6.45) is 1.02. The first-order chi connectivity index (χ1) is 14.9. The van der Waals surface area contributed by atoms with Crippen LogP contribution in [0.5, 0.6) is 5.75 Å². The Balaban J connectivity index is 1.32. The second kappa shape index (κ2) is 9.41. The molecule has 1 fully saturated rings. The number of amides is 1. The third-order valence-corrected chi connectivity index (χ3v) is 6.67. The third-order valence-electron chi connectivity index (χ3n) is 6.67. The molecule has 0 saturated carbocycles. The van der Waals surface area contributed by atoms with Crippen LogP contribution >= 0.6 is 0 Å². The summed E-state index contributed by atoms with van der Waals surface area (Å²) in [5.41, 5.74) is 5.98. The van der Waals surface area contributed by atoms with Crippen molar-refractivity contribution in [1.29, 1.82) is 0 Å². The fourth-order valence-corrected chi connectivity index (χ4v) is 4.64. The lowest BCUT2D eigenvalue weighted by atomic mass is 9.98. The average Bonchev–Trinajstić information content (AvgIpc) is 3.23. The van der Waals surface area contributed by atoms with Gasteiger partial charge in [0.25, 0.3) is 0 Å². The van der Waals surface area contributed by atoms with Crippen molar-refractivity contribution in [3.05, 3.63) is 58.7 Å². The number of anilines is 1. The Morgan fingerprint density at radius 3 is 2.61 bits per heavy atom. The topological polar surface area (TPSA) is 44.8 Å². The van der Waals surface area contributed by atoms with Crippen molar-refractivity contribution in [1.82, 2.24) is 9.80 Å². The van der Waals surface area contributed by atoms with E-state index in [1.54, 1.807) is 0 Å². The third kappa shape index (κ3) is 4.94. The van der Waals surface area contributed by atoms with Crippen LogP contribution in [0.25, 0.3) is 0 Å². The molecule has 0 bridgehead atoms. The van der Waals surface area contributed by atoms with Gasteiger partial charge in [0.2, 0.25) is 5.91 Å². The highest BCUT2D eigenvalue weighted by molar-refractivity contribution is 5.96. The first-order valence-corrected chi connectivity index (χ1v) is 11.5. The Bertz CT molecular complexity index is 932. The number of hydrogen-bond acceptors (Lipinski definition) is 4. The molecular weight excluding hydrogens is 386 g/mol. The zero-order valence-electron chi connectivity index (χ0n) is 19.3. The van der Waals surface area contributed by atoms with Gasteiger partial charge in [-0.05, 0) is 48.1 Å². The molecule has 2 aliphatic rings. The van der Waals surface area contributed by atoms with Gasteiger partial charge in [0.05, 0.1) is 12.6 Å². The first-order valence-electron chi connectivity index (χ1n) is 11.5. The molecular formula is C26H35N3O2. The quantitative estimate of drug-likeness (QED) is 0.759. The number of benzene rings is 2. The lowest BCUT2D eigenvalue weighted by Crippen LogP contribution is -2.52. The van der Waals surface area contributed by atoms with E-state index in [1.165, 1.54) is 16.7 Å². The smallest absolute Gasteiger partial charge is 0.241 e. The van der Waals surface area contributed by atoms with Gasteiger partial charge in [-0.1, -0.05) is 44.2 Å². The number of nitrogens with zero attached hydrogens (tertiary/aromatic N) is 2. The van der Waals surface area contributed by atoms with Crippen molar-refractivity contribution in [2.45, 2.75) is 52.6 Å². The number of carbonyl (C=O) groups excluding carboxylic acids is 1. The van der Waals surface area contributed by atoms with Gasteiger partial charge < -0.3 is 10.1 Å². The van der Waals surface area contributed by atoms with E-state index in [0.29, 0.717) is 5.92 Å². The predicted octanol–water partition coefficient (Wildman–Crippen LogP) is 4.20. The van der Waals surface area contributed by atoms with Crippen LogP contribution in [-0.4, -0.2) is 54.5 Å². The van der Waals surface area contributed by atoms with Crippen LogP contribution in [-0.2, 0) is 17.8 Å². The lowest BCUT2D eigenvalue weighted by Gasteiger charge is -2.37. The van der Waals surface area contributed by atoms with E-state index in [0.717, 1.165) is 62.8 Å². The maximum absolute atomic E-state index is 13.0. The summed E-state index contributed by atoms with van der Waals surface area (Å²) < 4.78 is 5.62. The standard InChI is InChI=1S/C26H35N3O2/c1-18(2)23-7-5-6-19(3)25(23)27-26(30)20(4)29-13-11-28(12-14-29)17-21-8-9-24-22(16-21)10-15-31-24/h5-9,16,18,20H,10-15,17H2,1-4H3,(H,27,30)/t20-/m0/s1. The SMILES string of the molecule is Cc1cccc(C(C)C)c1NC(=O)[C@H](C)N1CCN(Cc2ccc3c(c2)CCO3)CC1. The van der Waals surface area contributed by atoms with Crippen molar-refractivity contribution in [2.75, 3.05) is 38.1 Å². The minimum Gasteiger partial charge on any atom is -0.493 e. The van der Waals surface area contributed by atoms with Gasteiger partial charge in [0.15, 0.2) is 0 Å². The van der Waals surface area contributed by atoms with Crippen LogP contribution in [0.4, 0.5) is 5.69 Å². The van der Waals surface area contributed by atoms with Crippen LogP contribution in [0.1, 0.15) is 48.9 Å². The maximum Gasteiger partial charge on any atom is 0.241 e. The number of piperazine rings is 1. The Morgan fingerprint density at radius 1 is 1.10 bits per heavy atom. The maximum atomic E-state index is 13.0. The second-order valence-electron chi connectivity index (χ2n) is 9.21. The zero-order chi connectivity index (χ0) is 22.0. The van der Waals surface area contributed by atoms with Crippen LogP contribution in [0.15, 0.2) is 36.4 Å². The number of rotatable bonds is 6. The minimum absolute atomic E-state index is 0.0864. The van der Waals surface area contributed by atoms with Gasteiger partial charge in [0.1, 0.15) is 5.75 Å². The van der Waals surface area contributed by atoms with Crippen LogP contribution in [0.3, 0.4) is 0 Å². The molecule has 31 heavy (non-hydrogen) atoms. The van der Waals surface area contributed by atoms with Crippen molar-refractivity contribution in [2.24, 2.45) is 0 Å². The van der Waals surface area contributed by atoms with Crippen molar-refractivity contribution in [3.8, 4) is 5.75 Å². The summed E-state index contributed by atoms with van der Waals surface area (Å²) in [6.45, 7) is 14.0. The predicted molar refractivity (Wildman–Crippen MR) is 126 cm³/mol. The largest absolute Gasteiger partial charge is 0.493 e. The molecule has 0 aliphatic carbocycles. The van der Waals surface area contributed by atoms with E-state index in [1.807, 2.05) is 6.92 Å². The normalized spacial score (nSPS) is 18.0. The molecule has 2 aromatic rings. The second-order valence-corrected chi connectivity index (χ2v) is 9.21. The Hall–Kier alpha value is -2.37. The summed E-state index contributed by atoms with van der Waals surface area (Å²) >= 11 is 0. The van der Waals surface area contributed by atoms with Gasteiger partial charge in [-0.3, -0.25) is 14.6 Å². The molecule has 1 N–H and O–H groups in total. The van der Waals surface area contributed by atoms with Gasteiger partial charge in [0, 0.05) is 44.8 Å². The fourth-order valence-electron chi connectivity index (χ4n) is 4.64. The molecule has 1 atom stereocenters. The van der Waals surface area contributed by atoms with E-state index >= 15 is 0 Å². The molecule has 1 saturated heterocycles. The van der Waals surface area contributed by atoms with E-state index in [4.69, 9.17) is 4.74 Å². The molecule has 0 radical (unpaired) electrons. The number of para-hydroxylation sites is 1. The molecule has 0 unspecified atom stereocenters. The van der Waals surface area contributed by atoms with Gasteiger partial charge >= 0.3 is 0 Å². The molecule has 5 nitrogen and oxygen atoms in total. The van der Waals surface area contributed by atoms with Crippen LogP contribution in [0, 0.1) is 6.92 Å². The van der Waals surface area contributed by atoms with E-state index in [2.05, 4.69) is 72.3 Å². The Morgan fingerprint density at radius 2 is 1.87 bits per heavy atom. The van der Waals surface area contributed by atoms with Gasteiger partial charge in [-0.15, -0.1) is 0 Å². The number of ether oxygens (including phenoxy) is 1. The molecule has 4 rings (SSSR count). The fraction of sp³-hybridized carbons (Fsp3) is 0.500. The molecule has 0 aromatic heterocycles. The highest BCUT2D eigenvalue weighted by Gasteiger charge is 2.26. The van der Waals surface area contributed by atoms with E-state index in [-0.39, 0.29) is 11.9 Å². The average molecular weight is 422 g/mol. The highest BCUT2D eigenvalue weighted by atomic mass is 16.5. The molecule has 1 amide bonds. The summed E-state index contributed by atoms with van der Waals surface area (Å²) in [6, 6.07) is 12.7. The Labute approximate surface area is 186 Å². The van der Waals surface area contributed by atoms with Crippen molar-refractivity contribution < 1.29 is 9.53 Å². The summed E-state index contributed by atoms with van der Waals surface area (Å²) in [5, 5.41) is 3.23.